The minimum atomic E-state index is 0.0651. The van der Waals surface area contributed by atoms with Crippen LogP contribution in [0.5, 0.6) is 5.75 Å². The van der Waals surface area contributed by atoms with Crippen LogP contribution in [0.25, 0.3) is 0 Å². The molecule has 0 aliphatic carbocycles. The van der Waals surface area contributed by atoms with Crippen molar-refractivity contribution in [2.24, 2.45) is 0 Å². The molecule has 120 valence electrons. The molecule has 4 heteroatoms. The highest BCUT2D eigenvalue weighted by Gasteiger charge is 2.24. The molecular weight excluding hydrogens is 276 g/mol. The van der Waals surface area contributed by atoms with Crippen molar-refractivity contribution in [3.63, 3.8) is 0 Å². The zero-order valence-electron chi connectivity index (χ0n) is 13.8. The number of carbonyl (C=O) groups excluding carboxylic acids is 1. The van der Waals surface area contributed by atoms with E-state index in [1.165, 1.54) is 0 Å². The second-order valence-corrected chi connectivity index (χ2v) is 6.22. The Morgan fingerprint density at radius 3 is 2.73 bits per heavy atom. The van der Waals surface area contributed by atoms with Crippen LogP contribution in [0.3, 0.4) is 0 Å². The number of piperidine rings is 1. The minimum Gasteiger partial charge on any atom is -0.489 e. The van der Waals surface area contributed by atoms with Gasteiger partial charge in [0.15, 0.2) is 0 Å². The number of hydrogen-bond acceptors (Lipinski definition) is 3. The molecule has 0 bridgehead atoms. The summed E-state index contributed by atoms with van der Waals surface area (Å²) < 4.78 is 5.62. The first-order valence-corrected chi connectivity index (χ1v) is 7.80. The maximum absolute atomic E-state index is 12.7. The molecule has 0 unspecified atom stereocenters. The van der Waals surface area contributed by atoms with Gasteiger partial charge in [-0.3, -0.25) is 4.79 Å². The molecule has 0 atom stereocenters. The van der Waals surface area contributed by atoms with Gasteiger partial charge in [0.25, 0.3) is 5.91 Å². The predicted octanol–water partition coefficient (Wildman–Crippen LogP) is 2.81. The first kappa shape index (κ1) is 16.6. The first-order chi connectivity index (χ1) is 10.5. The van der Waals surface area contributed by atoms with Crippen molar-refractivity contribution in [1.82, 2.24) is 9.80 Å². The van der Waals surface area contributed by atoms with Gasteiger partial charge in [-0.05, 0) is 63.7 Å². The molecule has 1 aliphatic rings. The van der Waals surface area contributed by atoms with E-state index >= 15 is 0 Å². The third-order valence-corrected chi connectivity index (χ3v) is 4.12. The fraction of sp³-hybridized carbons (Fsp3) is 0.500. The molecule has 22 heavy (non-hydrogen) atoms. The molecule has 2 rings (SSSR count). The molecule has 0 radical (unpaired) electrons. The van der Waals surface area contributed by atoms with E-state index in [2.05, 4.69) is 18.5 Å². The average molecular weight is 302 g/mol. The summed E-state index contributed by atoms with van der Waals surface area (Å²) in [4.78, 5) is 16.8. The molecule has 0 saturated carbocycles. The van der Waals surface area contributed by atoms with E-state index in [1.807, 2.05) is 43.1 Å². The van der Waals surface area contributed by atoms with E-state index < -0.39 is 0 Å². The fourth-order valence-electron chi connectivity index (χ4n) is 2.68. The van der Waals surface area contributed by atoms with Gasteiger partial charge in [-0.2, -0.15) is 0 Å². The Morgan fingerprint density at radius 1 is 1.41 bits per heavy atom. The largest absolute Gasteiger partial charge is 0.489 e. The van der Waals surface area contributed by atoms with Gasteiger partial charge in [-0.25, -0.2) is 0 Å². The second-order valence-electron chi connectivity index (χ2n) is 6.22. The lowest BCUT2D eigenvalue weighted by Crippen LogP contribution is -2.44. The van der Waals surface area contributed by atoms with Gasteiger partial charge in [0.2, 0.25) is 0 Å². The molecule has 1 aromatic rings. The summed E-state index contributed by atoms with van der Waals surface area (Å²) in [5.74, 6) is 0.779. The van der Waals surface area contributed by atoms with E-state index in [1.54, 1.807) is 0 Å². The molecule has 0 spiro atoms. The van der Waals surface area contributed by atoms with Crippen molar-refractivity contribution in [1.29, 1.82) is 0 Å². The van der Waals surface area contributed by atoms with Crippen LogP contribution in [0.1, 0.15) is 30.1 Å². The smallest absolute Gasteiger partial charge is 0.253 e. The average Bonchev–Trinajstić information content (AvgIpc) is 2.52. The normalized spacial score (nSPS) is 16.3. The lowest BCUT2D eigenvalue weighted by molar-refractivity contribution is 0.0659. The number of benzene rings is 1. The highest BCUT2D eigenvalue weighted by atomic mass is 16.5. The Morgan fingerprint density at radius 2 is 2.09 bits per heavy atom. The Kier molecular flexibility index (Phi) is 5.61. The molecule has 0 N–H and O–H groups in total. The van der Waals surface area contributed by atoms with Gasteiger partial charge in [-0.15, -0.1) is 0 Å². The van der Waals surface area contributed by atoms with Crippen LogP contribution in [0.15, 0.2) is 36.4 Å². The van der Waals surface area contributed by atoms with Crippen LogP contribution in [0.2, 0.25) is 0 Å². The third-order valence-electron chi connectivity index (χ3n) is 4.12. The Bertz CT molecular complexity index is 534. The number of rotatable bonds is 5. The summed E-state index contributed by atoms with van der Waals surface area (Å²) in [5.41, 5.74) is 1.64. The SMILES string of the molecule is C=C(C)COc1cccc(C(=O)N(C)C2CCN(C)CC2)c1. The van der Waals surface area contributed by atoms with E-state index in [9.17, 15) is 4.79 Å². The van der Waals surface area contributed by atoms with Crippen LogP contribution >= 0.6 is 0 Å². The maximum Gasteiger partial charge on any atom is 0.253 e. The third kappa shape index (κ3) is 4.34. The number of hydrogen-bond donors (Lipinski definition) is 0. The molecular formula is C18H26N2O2. The zero-order valence-corrected chi connectivity index (χ0v) is 13.8. The second kappa shape index (κ2) is 7.45. The van der Waals surface area contributed by atoms with Gasteiger partial charge < -0.3 is 14.5 Å². The Labute approximate surface area is 133 Å². The van der Waals surface area contributed by atoms with Crippen LogP contribution in [-0.4, -0.2) is 55.5 Å². The quantitative estimate of drug-likeness (QED) is 0.784. The van der Waals surface area contributed by atoms with Crippen molar-refractivity contribution in [2.75, 3.05) is 33.8 Å². The first-order valence-electron chi connectivity index (χ1n) is 7.80. The highest BCUT2D eigenvalue weighted by molar-refractivity contribution is 5.94. The molecule has 1 saturated heterocycles. The fourth-order valence-corrected chi connectivity index (χ4v) is 2.68. The number of ether oxygens (including phenoxy) is 1. The van der Waals surface area contributed by atoms with Gasteiger partial charge >= 0.3 is 0 Å². The van der Waals surface area contributed by atoms with Crippen LogP contribution in [-0.2, 0) is 0 Å². The van der Waals surface area contributed by atoms with Crippen molar-refractivity contribution >= 4 is 5.91 Å². The molecule has 1 fully saturated rings. The van der Waals surface area contributed by atoms with E-state index in [4.69, 9.17) is 4.74 Å². The van der Waals surface area contributed by atoms with Crippen molar-refractivity contribution in [3.05, 3.63) is 42.0 Å². The van der Waals surface area contributed by atoms with Crippen molar-refractivity contribution < 1.29 is 9.53 Å². The number of likely N-dealkylation sites (tertiary alicyclic amines) is 1. The summed E-state index contributed by atoms with van der Waals surface area (Å²) in [7, 11) is 4.03. The van der Waals surface area contributed by atoms with Gasteiger partial charge in [0.1, 0.15) is 12.4 Å². The summed E-state index contributed by atoms with van der Waals surface area (Å²) in [6, 6.07) is 7.72. The number of nitrogens with zero attached hydrogens (tertiary/aromatic N) is 2. The molecule has 4 nitrogen and oxygen atoms in total. The summed E-state index contributed by atoms with van der Waals surface area (Å²) in [5, 5.41) is 0. The molecule has 1 aliphatic heterocycles. The highest BCUT2D eigenvalue weighted by Crippen LogP contribution is 2.19. The number of amides is 1. The summed E-state index contributed by atoms with van der Waals surface area (Å²) in [6.45, 7) is 8.30. The lowest BCUT2D eigenvalue weighted by Gasteiger charge is -2.35. The summed E-state index contributed by atoms with van der Waals surface area (Å²) >= 11 is 0. The maximum atomic E-state index is 12.7. The number of carbonyl (C=O) groups is 1. The Hall–Kier alpha value is -1.81. The minimum absolute atomic E-state index is 0.0651. The topological polar surface area (TPSA) is 32.8 Å². The molecule has 1 aromatic carbocycles. The predicted molar refractivity (Wildman–Crippen MR) is 89.4 cm³/mol. The lowest BCUT2D eigenvalue weighted by atomic mass is 10.0. The zero-order chi connectivity index (χ0) is 16.1. The van der Waals surface area contributed by atoms with E-state index in [0.29, 0.717) is 24.0 Å². The standard InChI is InChI=1S/C18H26N2O2/c1-14(2)13-22-17-7-5-6-15(12-17)18(21)20(4)16-8-10-19(3)11-9-16/h5-7,12,16H,1,8-11,13H2,2-4H3. The van der Waals surface area contributed by atoms with Crippen LogP contribution < -0.4 is 4.74 Å². The van der Waals surface area contributed by atoms with Crippen molar-refractivity contribution in [3.8, 4) is 5.75 Å². The van der Waals surface area contributed by atoms with E-state index in [0.717, 1.165) is 31.5 Å². The van der Waals surface area contributed by atoms with Crippen LogP contribution in [0.4, 0.5) is 0 Å². The van der Waals surface area contributed by atoms with E-state index in [-0.39, 0.29) is 5.91 Å². The Balaban J connectivity index is 2.02. The van der Waals surface area contributed by atoms with Gasteiger partial charge in [0, 0.05) is 18.7 Å². The monoisotopic (exact) mass is 302 g/mol. The molecule has 0 aromatic heterocycles. The molecule has 1 amide bonds. The molecule has 1 heterocycles. The van der Waals surface area contributed by atoms with Gasteiger partial charge in [0.05, 0.1) is 0 Å². The van der Waals surface area contributed by atoms with Crippen LogP contribution in [0, 0.1) is 0 Å². The van der Waals surface area contributed by atoms with Gasteiger partial charge in [-0.1, -0.05) is 12.6 Å². The summed E-state index contributed by atoms with van der Waals surface area (Å²) in [6.07, 6.45) is 2.06. The van der Waals surface area contributed by atoms with Crippen molar-refractivity contribution in [2.45, 2.75) is 25.8 Å².